The second-order valence-electron chi connectivity index (χ2n) is 14.5. The Morgan fingerprint density at radius 1 is 0.529 bits per heavy atom. The Kier molecular flexibility index (Phi) is 26.4. The first-order valence-electron chi connectivity index (χ1n) is 15.0. The van der Waals surface area contributed by atoms with Crippen molar-refractivity contribution in [3.05, 3.63) is 0 Å². The minimum Gasteiger partial charge on any atom is -0.444 e. The minimum atomic E-state index is -1.06. The first kappa shape index (κ1) is 54.4. The molecule has 0 aliphatic heterocycles. The lowest BCUT2D eigenvalue weighted by atomic mass is 10.2. The van der Waals surface area contributed by atoms with E-state index in [1.165, 1.54) is 11.8 Å². The van der Waals surface area contributed by atoms with Gasteiger partial charge in [-0.15, -0.1) is 0 Å². The fourth-order valence-corrected chi connectivity index (χ4v) is 2.48. The van der Waals surface area contributed by atoms with Gasteiger partial charge in [-0.3, -0.25) is 21.5 Å². The molecule has 298 valence electrons. The van der Waals surface area contributed by atoms with Gasteiger partial charge in [0, 0.05) is 0 Å². The van der Waals surface area contributed by atoms with Crippen LogP contribution in [0.4, 0.5) is 24.0 Å². The molecule has 0 bridgehead atoms. The van der Waals surface area contributed by atoms with Crippen LogP contribution >= 0.6 is 35.3 Å². The average molecular weight is 789 g/mol. The fourth-order valence-electron chi connectivity index (χ4n) is 1.94. The topological polar surface area (TPSA) is 251 Å². The number of alkyl carbamates (subject to hydrolysis) is 2. The van der Waals surface area contributed by atoms with Crippen molar-refractivity contribution in [2.75, 3.05) is 18.8 Å². The van der Waals surface area contributed by atoms with Gasteiger partial charge in [-0.1, -0.05) is 35.3 Å². The molecule has 17 nitrogen and oxygen atoms in total. The van der Waals surface area contributed by atoms with Crippen molar-refractivity contribution in [1.29, 1.82) is 10.8 Å². The van der Waals surface area contributed by atoms with Gasteiger partial charge in [-0.25, -0.2) is 24.0 Å². The van der Waals surface area contributed by atoms with Crippen molar-refractivity contribution in [2.45, 2.75) is 132 Å². The molecule has 0 atom stereocenters. The number of nitrogens with one attached hydrogen (secondary N) is 4. The highest BCUT2D eigenvalue weighted by molar-refractivity contribution is 8.13. The SMILES string of the molecule is CC(C)(C)OC(=O)OC(=O)OC(C)(C)C.CSC(=N)N.CSC(=N)NC(=O)OC(C)(C)C.CSC(=NC(=O)OC(C)(C)C)NC(=O)OC(C)(C)C. The molecule has 0 spiro atoms. The number of ether oxygens (including phenoxy) is 6. The van der Waals surface area contributed by atoms with Crippen LogP contribution in [-0.4, -0.2) is 92.9 Å². The summed E-state index contributed by atoms with van der Waals surface area (Å²) in [5, 5.41) is 18.7. The van der Waals surface area contributed by atoms with E-state index in [-0.39, 0.29) is 15.5 Å². The lowest BCUT2D eigenvalue weighted by Crippen LogP contribution is -2.35. The lowest BCUT2D eigenvalue weighted by Gasteiger charge is -2.20. The molecule has 0 saturated carbocycles. The Labute approximate surface area is 315 Å². The fraction of sp³-hybridized carbons (Fsp3) is 0.742. The summed E-state index contributed by atoms with van der Waals surface area (Å²) >= 11 is 3.51. The number of hydrogen-bond donors (Lipinski definition) is 5. The van der Waals surface area contributed by atoms with E-state index in [1.54, 1.807) is 123 Å². The predicted octanol–water partition coefficient (Wildman–Crippen LogP) is 8.09. The van der Waals surface area contributed by atoms with Crippen LogP contribution in [0, 0.1) is 10.8 Å². The number of thioether (sulfide) groups is 3. The second kappa shape index (κ2) is 24.7. The molecular formula is C31H60N6O11S3. The molecule has 0 fully saturated rings. The monoisotopic (exact) mass is 788 g/mol. The van der Waals surface area contributed by atoms with Gasteiger partial charge in [0.2, 0.25) is 0 Å². The van der Waals surface area contributed by atoms with Gasteiger partial charge in [-0.05, 0) is 123 Å². The number of carbonyl (C=O) groups excluding carboxylic acids is 5. The smallest absolute Gasteiger partial charge is 0.444 e. The van der Waals surface area contributed by atoms with Crippen LogP contribution in [0.2, 0.25) is 0 Å². The number of amidine groups is 3. The molecule has 0 radical (unpaired) electrons. The molecule has 0 heterocycles. The van der Waals surface area contributed by atoms with E-state index in [9.17, 15) is 24.0 Å². The largest absolute Gasteiger partial charge is 0.519 e. The van der Waals surface area contributed by atoms with E-state index >= 15 is 0 Å². The zero-order valence-electron chi connectivity index (χ0n) is 33.2. The van der Waals surface area contributed by atoms with E-state index in [1.807, 2.05) is 0 Å². The van der Waals surface area contributed by atoms with Crippen LogP contribution in [0.3, 0.4) is 0 Å². The average Bonchev–Trinajstić information content (AvgIpc) is 2.83. The maximum absolute atomic E-state index is 11.5. The highest BCUT2D eigenvalue weighted by atomic mass is 32.2. The van der Waals surface area contributed by atoms with Gasteiger partial charge in [0.1, 0.15) is 28.0 Å². The van der Waals surface area contributed by atoms with Crippen LogP contribution < -0.4 is 16.4 Å². The maximum atomic E-state index is 11.5. The molecule has 6 N–H and O–H groups in total. The zero-order valence-corrected chi connectivity index (χ0v) is 35.7. The van der Waals surface area contributed by atoms with E-state index in [0.717, 1.165) is 23.5 Å². The first-order chi connectivity index (χ1) is 22.5. The summed E-state index contributed by atoms with van der Waals surface area (Å²) in [7, 11) is 0. The quantitative estimate of drug-likeness (QED) is 0.0511. The highest BCUT2D eigenvalue weighted by Gasteiger charge is 2.24. The van der Waals surface area contributed by atoms with Crippen LogP contribution in [0.1, 0.15) is 104 Å². The first-order valence-corrected chi connectivity index (χ1v) is 18.7. The number of aliphatic imine (C=N–C) groups is 1. The zero-order chi connectivity index (χ0) is 41.6. The third-order valence-corrected chi connectivity index (χ3v) is 4.90. The summed E-state index contributed by atoms with van der Waals surface area (Å²) in [5.74, 6) is 0. The molecule has 0 rings (SSSR count). The Morgan fingerprint density at radius 2 is 0.843 bits per heavy atom. The van der Waals surface area contributed by atoms with Crippen molar-refractivity contribution in [2.24, 2.45) is 10.7 Å². The third-order valence-electron chi connectivity index (χ3n) is 3.37. The summed E-state index contributed by atoms with van der Waals surface area (Å²) < 4.78 is 28.8. The Balaban J connectivity index is -0.000000310. The van der Waals surface area contributed by atoms with Crippen molar-refractivity contribution in [3.63, 3.8) is 0 Å². The molecule has 0 saturated heterocycles. The van der Waals surface area contributed by atoms with Gasteiger partial charge < -0.3 is 34.2 Å². The van der Waals surface area contributed by atoms with Gasteiger partial charge in [0.15, 0.2) is 15.5 Å². The predicted molar refractivity (Wildman–Crippen MR) is 206 cm³/mol. The summed E-state index contributed by atoms with van der Waals surface area (Å²) in [6.07, 6.45) is 1.04. The summed E-state index contributed by atoms with van der Waals surface area (Å²) in [4.78, 5) is 59.6. The van der Waals surface area contributed by atoms with E-state index in [0.29, 0.717) is 0 Å². The van der Waals surface area contributed by atoms with Crippen LogP contribution in [0.5, 0.6) is 0 Å². The number of rotatable bonds is 0. The highest BCUT2D eigenvalue weighted by Crippen LogP contribution is 2.13. The molecule has 0 aliphatic carbocycles. The molecule has 51 heavy (non-hydrogen) atoms. The molecular weight excluding hydrogens is 729 g/mol. The van der Waals surface area contributed by atoms with Crippen LogP contribution in [0.25, 0.3) is 0 Å². The van der Waals surface area contributed by atoms with Crippen molar-refractivity contribution >= 4 is 81.4 Å². The number of hydrogen-bond acceptors (Lipinski definition) is 16. The van der Waals surface area contributed by atoms with E-state index < -0.39 is 58.6 Å². The molecule has 0 aromatic rings. The Hall–Kier alpha value is -3.39. The van der Waals surface area contributed by atoms with E-state index in [4.69, 9.17) is 40.2 Å². The molecule has 0 unspecified atom stereocenters. The molecule has 0 aliphatic rings. The normalized spacial score (nSPS) is 11.5. The minimum absolute atomic E-state index is 0.0873. The number of amides is 3. The van der Waals surface area contributed by atoms with Gasteiger partial charge in [0.25, 0.3) is 0 Å². The third kappa shape index (κ3) is 48.8. The lowest BCUT2D eigenvalue weighted by molar-refractivity contribution is -0.0294. The summed E-state index contributed by atoms with van der Waals surface area (Å²) in [6, 6.07) is 0. The Morgan fingerprint density at radius 3 is 1.10 bits per heavy atom. The summed E-state index contributed by atoms with van der Waals surface area (Å²) in [5.41, 5.74) is 1.70. The number of carbonyl (C=O) groups is 5. The van der Waals surface area contributed by atoms with E-state index in [2.05, 4.69) is 20.4 Å². The van der Waals surface area contributed by atoms with Crippen molar-refractivity contribution in [3.8, 4) is 0 Å². The Bertz CT molecular complexity index is 1150. The van der Waals surface area contributed by atoms with Crippen LogP contribution in [0.15, 0.2) is 4.99 Å². The molecule has 0 aromatic carbocycles. The van der Waals surface area contributed by atoms with Crippen molar-refractivity contribution in [1.82, 2.24) is 10.6 Å². The van der Waals surface area contributed by atoms with Crippen LogP contribution in [-0.2, 0) is 28.4 Å². The number of nitrogens with zero attached hydrogens (tertiary/aromatic N) is 1. The van der Waals surface area contributed by atoms with Gasteiger partial charge >= 0.3 is 30.6 Å². The summed E-state index contributed by atoms with van der Waals surface area (Å²) in [6.45, 7) is 25.8. The van der Waals surface area contributed by atoms with Crippen molar-refractivity contribution < 1.29 is 52.4 Å². The molecule has 20 heteroatoms. The standard InChI is InChI=1S/C12H22N2O4S.C10H18O5.C7H14N2O2S.C2H6N2S/c1-11(2,3)17-9(15)13-8(19-7)14-10(16)18-12(4,5)6;1-9(2,3)14-7(11)13-8(12)15-10(4,5)6;1-7(2,3)11-6(10)9-5(8)12-4;1-5-2(3)4/h1-7H3,(H,13,14,15,16);1-6H3;1-4H3,(H2,8,9,10);1H3,(H3,3,4). The number of nitrogens with two attached hydrogens (primary N) is 1. The molecule has 3 amide bonds. The molecule has 0 aromatic heterocycles. The second-order valence-corrected chi connectivity index (χ2v) is 16.9. The maximum Gasteiger partial charge on any atom is 0.519 e. The van der Waals surface area contributed by atoms with Gasteiger partial charge in [0.05, 0.1) is 0 Å². The van der Waals surface area contributed by atoms with Gasteiger partial charge in [-0.2, -0.15) is 4.99 Å².